The van der Waals surface area contributed by atoms with Gasteiger partial charge in [-0.15, -0.1) is 0 Å². The molecule has 0 amide bonds. The minimum atomic E-state index is 0.637. The minimum Gasteiger partial charge on any atom is -0.317 e. The average molecular weight is 228 g/mol. The van der Waals surface area contributed by atoms with E-state index in [4.69, 9.17) is 0 Å². The van der Waals surface area contributed by atoms with Crippen LogP contribution in [0.2, 0.25) is 0 Å². The molecule has 0 radical (unpaired) electrons. The van der Waals surface area contributed by atoms with Crippen molar-refractivity contribution in [3.63, 3.8) is 0 Å². The predicted octanol–water partition coefficient (Wildman–Crippen LogP) is 3.18. The quantitative estimate of drug-likeness (QED) is 0.531. The molecular formula is C14H32N2. The Balaban J connectivity index is 2.93. The Morgan fingerprint density at radius 2 is 1.38 bits per heavy atom. The second-order valence-corrected chi connectivity index (χ2v) is 5.46. The Hall–Kier alpha value is -0.0800. The summed E-state index contributed by atoms with van der Waals surface area (Å²) in [6, 6.07) is 0.637. The normalized spacial score (nSPS) is 11.6. The molecule has 0 bridgehead atoms. The molecule has 0 aliphatic rings. The Kier molecular flexibility index (Phi) is 11.3. The summed E-state index contributed by atoms with van der Waals surface area (Å²) in [5.41, 5.74) is 0. The smallest absolute Gasteiger partial charge is 0.00103 e. The lowest BCUT2D eigenvalue weighted by atomic mass is 10.1. The van der Waals surface area contributed by atoms with E-state index in [1.54, 1.807) is 0 Å². The first kappa shape index (κ1) is 15.9. The number of hydrogen-bond donors (Lipinski definition) is 2. The van der Waals surface area contributed by atoms with Gasteiger partial charge in [0, 0.05) is 6.04 Å². The van der Waals surface area contributed by atoms with Gasteiger partial charge >= 0.3 is 0 Å². The highest BCUT2D eigenvalue weighted by Gasteiger charge is 1.94. The van der Waals surface area contributed by atoms with Crippen molar-refractivity contribution >= 4 is 0 Å². The Labute approximate surface area is 103 Å². The third-order valence-electron chi connectivity index (χ3n) is 2.73. The van der Waals surface area contributed by atoms with Crippen LogP contribution in [0.3, 0.4) is 0 Å². The SMILES string of the molecule is CC(C)CCNCCCCCCNC(C)C. The first-order chi connectivity index (χ1) is 7.63. The summed E-state index contributed by atoms with van der Waals surface area (Å²) in [4.78, 5) is 0. The molecule has 0 saturated heterocycles. The molecule has 2 nitrogen and oxygen atoms in total. The lowest BCUT2D eigenvalue weighted by Gasteiger charge is -2.08. The molecule has 0 fully saturated rings. The van der Waals surface area contributed by atoms with Crippen LogP contribution in [0.1, 0.15) is 59.8 Å². The molecule has 0 unspecified atom stereocenters. The zero-order chi connectivity index (χ0) is 12.2. The topological polar surface area (TPSA) is 24.1 Å². The van der Waals surface area contributed by atoms with Gasteiger partial charge in [0.1, 0.15) is 0 Å². The molecule has 0 aromatic carbocycles. The molecule has 0 spiro atoms. The van der Waals surface area contributed by atoms with Gasteiger partial charge in [-0.05, 0) is 44.8 Å². The van der Waals surface area contributed by atoms with Gasteiger partial charge in [-0.3, -0.25) is 0 Å². The van der Waals surface area contributed by atoms with Crippen LogP contribution >= 0.6 is 0 Å². The number of unbranched alkanes of at least 4 members (excludes halogenated alkanes) is 3. The van der Waals surface area contributed by atoms with E-state index in [1.165, 1.54) is 51.7 Å². The van der Waals surface area contributed by atoms with E-state index in [0.29, 0.717) is 6.04 Å². The van der Waals surface area contributed by atoms with Gasteiger partial charge in [0.05, 0.1) is 0 Å². The molecule has 16 heavy (non-hydrogen) atoms. The molecule has 0 aromatic heterocycles. The molecule has 0 heterocycles. The minimum absolute atomic E-state index is 0.637. The van der Waals surface area contributed by atoms with Gasteiger partial charge in [-0.25, -0.2) is 0 Å². The van der Waals surface area contributed by atoms with Gasteiger partial charge in [-0.2, -0.15) is 0 Å². The maximum atomic E-state index is 3.51. The van der Waals surface area contributed by atoms with Gasteiger partial charge in [0.15, 0.2) is 0 Å². The summed E-state index contributed by atoms with van der Waals surface area (Å²) in [5, 5.41) is 6.96. The molecule has 2 N–H and O–H groups in total. The fourth-order valence-corrected chi connectivity index (χ4v) is 1.64. The summed E-state index contributed by atoms with van der Waals surface area (Å²) < 4.78 is 0. The molecule has 0 atom stereocenters. The Morgan fingerprint density at radius 1 is 0.750 bits per heavy atom. The number of nitrogens with one attached hydrogen (secondary N) is 2. The van der Waals surface area contributed by atoms with Gasteiger partial charge in [0.2, 0.25) is 0 Å². The van der Waals surface area contributed by atoms with Gasteiger partial charge < -0.3 is 10.6 Å². The lowest BCUT2D eigenvalue weighted by molar-refractivity contribution is 0.510. The average Bonchev–Trinajstić information content (AvgIpc) is 2.20. The highest BCUT2D eigenvalue weighted by Crippen LogP contribution is 1.99. The molecule has 0 aliphatic carbocycles. The van der Waals surface area contributed by atoms with Crippen LogP contribution in [0.5, 0.6) is 0 Å². The van der Waals surface area contributed by atoms with E-state index >= 15 is 0 Å². The van der Waals surface area contributed by atoms with E-state index in [2.05, 4.69) is 38.3 Å². The van der Waals surface area contributed by atoms with Crippen LogP contribution in [0.25, 0.3) is 0 Å². The standard InChI is InChI=1S/C14H32N2/c1-13(2)9-12-15-10-7-5-6-8-11-16-14(3)4/h13-16H,5-12H2,1-4H3. The molecule has 0 aromatic rings. The van der Waals surface area contributed by atoms with E-state index in [9.17, 15) is 0 Å². The van der Waals surface area contributed by atoms with Crippen LogP contribution < -0.4 is 10.6 Å². The first-order valence-electron chi connectivity index (χ1n) is 7.07. The summed E-state index contributed by atoms with van der Waals surface area (Å²) >= 11 is 0. The Morgan fingerprint density at radius 3 is 1.94 bits per heavy atom. The fourth-order valence-electron chi connectivity index (χ4n) is 1.64. The fraction of sp³-hybridized carbons (Fsp3) is 1.00. The number of rotatable bonds is 11. The van der Waals surface area contributed by atoms with E-state index in [-0.39, 0.29) is 0 Å². The predicted molar refractivity (Wildman–Crippen MR) is 73.9 cm³/mol. The molecule has 0 saturated carbocycles. The summed E-state index contributed by atoms with van der Waals surface area (Å²) in [5.74, 6) is 0.828. The van der Waals surface area contributed by atoms with Crippen molar-refractivity contribution in [2.75, 3.05) is 19.6 Å². The highest BCUT2D eigenvalue weighted by molar-refractivity contribution is 4.55. The molecule has 98 valence electrons. The zero-order valence-corrected chi connectivity index (χ0v) is 11.8. The summed E-state index contributed by atoms with van der Waals surface area (Å²) in [6.45, 7) is 12.5. The molecular weight excluding hydrogens is 196 g/mol. The van der Waals surface area contributed by atoms with Crippen LogP contribution in [0.15, 0.2) is 0 Å². The van der Waals surface area contributed by atoms with Crippen molar-refractivity contribution in [2.45, 2.75) is 65.8 Å². The summed E-state index contributed by atoms with van der Waals surface area (Å²) in [7, 11) is 0. The zero-order valence-electron chi connectivity index (χ0n) is 11.8. The maximum Gasteiger partial charge on any atom is 0.00103 e. The van der Waals surface area contributed by atoms with Crippen LogP contribution in [-0.2, 0) is 0 Å². The van der Waals surface area contributed by atoms with E-state index < -0.39 is 0 Å². The second kappa shape index (κ2) is 11.4. The maximum absolute atomic E-state index is 3.51. The van der Waals surface area contributed by atoms with Crippen molar-refractivity contribution in [1.29, 1.82) is 0 Å². The molecule has 0 aliphatic heterocycles. The monoisotopic (exact) mass is 228 g/mol. The van der Waals surface area contributed by atoms with Crippen molar-refractivity contribution in [3.8, 4) is 0 Å². The third-order valence-corrected chi connectivity index (χ3v) is 2.73. The second-order valence-electron chi connectivity index (χ2n) is 5.46. The van der Waals surface area contributed by atoms with Crippen LogP contribution in [0, 0.1) is 5.92 Å². The van der Waals surface area contributed by atoms with E-state index in [0.717, 1.165) is 5.92 Å². The van der Waals surface area contributed by atoms with Crippen molar-refractivity contribution < 1.29 is 0 Å². The highest BCUT2D eigenvalue weighted by atomic mass is 14.9. The third kappa shape index (κ3) is 13.9. The summed E-state index contributed by atoms with van der Waals surface area (Å²) in [6.07, 6.45) is 6.70. The van der Waals surface area contributed by atoms with Gasteiger partial charge in [-0.1, -0.05) is 40.5 Å². The van der Waals surface area contributed by atoms with Crippen molar-refractivity contribution in [3.05, 3.63) is 0 Å². The van der Waals surface area contributed by atoms with Gasteiger partial charge in [0.25, 0.3) is 0 Å². The van der Waals surface area contributed by atoms with E-state index in [1.807, 2.05) is 0 Å². The Bertz CT molecular complexity index is 117. The molecule has 0 rings (SSSR count). The largest absolute Gasteiger partial charge is 0.317 e. The van der Waals surface area contributed by atoms with Crippen LogP contribution in [-0.4, -0.2) is 25.7 Å². The number of hydrogen-bond acceptors (Lipinski definition) is 2. The lowest BCUT2D eigenvalue weighted by Crippen LogP contribution is -2.23. The van der Waals surface area contributed by atoms with Crippen LogP contribution in [0.4, 0.5) is 0 Å². The van der Waals surface area contributed by atoms with Crippen molar-refractivity contribution in [1.82, 2.24) is 10.6 Å². The molecule has 2 heteroatoms. The first-order valence-corrected chi connectivity index (χ1v) is 7.07. The van der Waals surface area contributed by atoms with Crippen molar-refractivity contribution in [2.24, 2.45) is 5.92 Å².